The van der Waals surface area contributed by atoms with Crippen LogP contribution in [0.15, 0.2) is 60.8 Å². The first-order valence-corrected chi connectivity index (χ1v) is 11.2. The van der Waals surface area contributed by atoms with Crippen molar-refractivity contribution in [1.29, 1.82) is 0 Å². The van der Waals surface area contributed by atoms with Gasteiger partial charge in [-0.05, 0) is 43.2 Å². The highest BCUT2D eigenvalue weighted by molar-refractivity contribution is 5.73. The summed E-state index contributed by atoms with van der Waals surface area (Å²) in [6, 6.07) is 11.0. The van der Waals surface area contributed by atoms with Gasteiger partial charge in [-0.1, -0.05) is 24.3 Å². The Morgan fingerprint density at radius 2 is 1.82 bits per heavy atom. The zero-order chi connectivity index (χ0) is 27.6. The van der Waals surface area contributed by atoms with E-state index in [1.165, 1.54) is 23.0 Å². The summed E-state index contributed by atoms with van der Waals surface area (Å²) in [6.07, 6.45) is -6.04. The Kier molecular flexibility index (Phi) is 7.30. The molecule has 2 aromatic carbocycles. The molecule has 4 aromatic rings. The third-order valence-corrected chi connectivity index (χ3v) is 5.52. The van der Waals surface area contributed by atoms with Crippen molar-refractivity contribution in [2.45, 2.75) is 31.7 Å². The van der Waals surface area contributed by atoms with Gasteiger partial charge in [-0.3, -0.25) is 4.79 Å². The van der Waals surface area contributed by atoms with Crippen LogP contribution in [0.2, 0.25) is 0 Å². The fourth-order valence-corrected chi connectivity index (χ4v) is 3.72. The molecule has 2 aromatic heterocycles. The number of benzene rings is 2. The van der Waals surface area contributed by atoms with Gasteiger partial charge in [-0.25, -0.2) is 14.1 Å². The Balaban J connectivity index is 1.69. The lowest BCUT2D eigenvalue weighted by Gasteiger charge is -2.24. The summed E-state index contributed by atoms with van der Waals surface area (Å²) < 4.78 is 63.4. The highest BCUT2D eigenvalue weighted by atomic mass is 19.4. The largest absolute Gasteiger partial charge is 0.480 e. The maximum atomic E-state index is 14.2. The van der Waals surface area contributed by atoms with E-state index in [0.717, 1.165) is 12.1 Å². The quantitative estimate of drug-likeness (QED) is 0.290. The number of halogens is 4. The maximum Gasteiger partial charge on any atom is 0.429 e. The second-order valence-corrected chi connectivity index (χ2v) is 8.44. The second-order valence-electron chi connectivity index (χ2n) is 8.44. The summed E-state index contributed by atoms with van der Waals surface area (Å²) in [5.41, 5.74) is 12.6. The van der Waals surface area contributed by atoms with Gasteiger partial charge in [0, 0.05) is 23.4 Å². The van der Waals surface area contributed by atoms with Gasteiger partial charge in [0.2, 0.25) is 17.9 Å². The summed E-state index contributed by atoms with van der Waals surface area (Å²) in [5.74, 6) is -2.88. The molecule has 0 saturated carbocycles. The van der Waals surface area contributed by atoms with E-state index in [4.69, 9.17) is 21.3 Å². The number of rotatable bonds is 8. The van der Waals surface area contributed by atoms with Crippen molar-refractivity contribution < 1.29 is 32.2 Å². The number of nitrogens with zero attached hydrogens (tertiary/aromatic N) is 4. The maximum absolute atomic E-state index is 14.2. The number of hydrogen-bond acceptors (Lipinski definition) is 7. The number of anilines is 1. The molecule has 1 unspecified atom stereocenters. The average molecular weight is 530 g/mol. The van der Waals surface area contributed by atoms with E-state index in [1.807, 2.05) is 0 Å². The first kappa shape index (κ1) is 26.5. The van der Waals surface area contributed by atoms with Crippen LogP contribution in [-0.4, -0.2) is 43.0 Å². The smallest absolute Gasteiger partial charge is 0.429 e. The minimum atomic E-state index is -4.96. The Morgan fingerprint density at radius 3 is 2.42 bits per heavy atom. The summed E-state index contributed by atoms with van der Waals surface area (Å²) in [6.45, 7) is 1.66. The Labute approximate surface area is 213 Å². The number of aliphatic carboxylic acids is 1. The van der Waals surface area contributed by atoms with Crippen LogP contribution < -0.4 is 16.2 Å². The molecule has 2 atom stereocenters. The molecule has 0 radical (unpaired) electrons. The highest BCUT2D eigenvalue weighted by Gasteiger charge is 2.45. The van der Waals surface area contributed by atoms with E-state index >= 15 is 0 Å². The topological polar surface area (TPSA) is 142 Å². The van der Waals surface area contributed by atoms with Gasteiger partial charge in [0.25, 0.3) is 0 Å². The minimum absolute atomic E-state index is 0.0285. The lowest BCUT2D eigenvalue weighted by atomic mass is 10.0. The lowest BCUT2D eigenvalue weighted by molar-refractivity contribution is -0.198. The van der Waals surface area contributed by atoms with Crippen molar-refractivity contribution in [2.24, 2.45) is 5.73 Å². The monoisotopic (exact) mass is 530 g/mol. The van der Waals surface area contributed by atoms with Crippen LogP contribution in [0, 0.1) is 12.7 Å². The molecule has 0 saturated heterocycles. The van der Waals surface area contributed by atoms with Gasteiger partial charge < -0.3 is 21.3 Å². The molecule has 9 nitrogen and oxygen atoms in total. The Morgan fingerprint density at radius 1 is 1.11 bits per heavy atom. The first-order chi connectivity index (χ1) is 17.9. The number of ether oxygens (including phenoxy) is 1. The first-order valence-electron chi connectivity index (χ1n) is 11.2. The van der Waals surface area contributed by atoms with E-state index in [9.17, 15) is 22.4 Å². The molecular formula is C25H22F4N6O3. The number of carboxylic acid groups (broad SMARTS) is 1. The summed E-state index contributed by atoms with van der Waals surface area (Å²) in [7, 11) is 0. The van der Waals surface area contributed by atoms with Crippen molar-refractivity contribution in [1.82, 2.24) is 19.7 Å². The summed E-state index contributed by atoms with van der Waals surface area (Å²) in [4.78, 5) is 18.8. The van der Waals surface area contributed by atoms with Crippen LogP contribution in [0.5, 0.6) is 5.88 Å². The van der Waals surface area contributed by atoms with Crippen molar-refractivity contribution >= 4 is 11.9 Å². The highest BCUT2D eigenvalue weighted by Crippen LogP contribution is 2.39. The van der Waals surface area contributed by atoms with E-state index in [2.05, 4.69) is 15.1 Å². The van der Waals surface area contributed by atoms with Crippen LogP contribution in [0.4, 0.5) is 23.5 Å². The molecule has 5 N–H and O–H groups in total. The Bertz CT molecular complexity index is 1460. The number of nitrogens with two attached hydrogens (primary N) is 2. The molecule has 38 heavy (non-hydrogen) atoms. The van der Waals surface area contributed by atoms with Gasteiger partial charge in [0.05, 0.1) is 17.1 Å². The van der Waals surface area contributed by atoms with Crippen molar-refractivity contribution in [3.05, 3.63) is 83.4 Å². The molecule has 0 spiro atoms. The van der Waals surface area contributed by atoms with E-state index in [0.29, 0.717) is 16.8 Å². The molecule has 198 valence electrons. The fraction of sp³-hybridized carbons (Fsp3) is 0.200. The third kappa shape index (κ3) is 6.06. The molecular weight excluding hydrogens is 508 g/mol. The number of carbonyl (C=O) groups is 1. The Hall–Kier alpha value is -4.52. The minimum Gasteiger partial charge on any atom is -0.480 e. The van der Waals surface area contributed by atoms with Crippen LogP contribution in [-0.2, 0) is 11.2 Å². The summed E-state index contributed by atoms with van der Waals surface area (Å²) in [5, 5.41) is 13.1. The number of carboxylic acids is 1. The van der Waals surface area contributed by atoms with Gasteiger partial charge in [0.1, 0.15) is 11.9 Å². The number of alkyl halides is 3. The van der Waals surface area contributed by atoms with Crippen LogP contribution in [0.3, 0.4) is 0 Å². The fourth-order valence-electron chi connectivity index (χ4n) is 3.72. The number of hydrogen-bond donors (Lipinski definition) is 3. The molecule has 0 bridgehead atoms. The summed E-state index contributed by atoms with van der Waals surface area (Å²) >= 11 is 0. The van der Waals surface area contributed by atoms with Gasteiger partial charge in [-0.2, -0.15) is 23.3 Å². The predicted molar refractivity (Wildman–Crippen MR) is 129 cm³/mol. The number of nitrogen functional groups attached to an aromatic ring is 1. The third-order valence-electron chi connectivity index (χ3n) is 5.52. The predicted octanol–water partition coefficient (Wildman–Crippen LogP) is 4.00. The SMILES string of the molecule is Cc1ccn(-c2ccc(F)cc2C(Oc2cc(-c3ccc(C[C@H](N)C(=O)O)cc3)nc(N)n2)C(F)(F)F)n1. The van der Waals surface area contributed by atoms with Crippen molar-refractivity contribution in [3.8, 4) is 22.8 Å². The lowest BCUT2D eigenvalue weighted by Crippen LogP contribution is -2.32. The zero-order valence-corrected chi connectivity index (χ0v) is 19.9. The van der Waals surface area contributed by atoms with Gasteiger partial charge in [-0.15, -0.1) is 0 Å². The van der Waals surface area contributed by atoms with Crippen LogP contribution >= 0.6 is 0 Å². The van der Waals surface area contributed by atoms with Gasteiger partial charge >= 0.3 is 12.1 Å². The van der Waals surface area contributed by atoms with E-state index < -0.39 is 41.6 Å². The normalized spacial score (nSPS) is 13.2. The van der Waals surface area contributed by atoms with Crippen LogP contribution in [0.1, 0.15) is 22.9 Å². The molecule has 0 amide bonds. The molecule has 2 heterocycles. The molecule has 13 heteroatoms. The number of aryl methyl sites for hydroxylation is 1. The van der Waals surface area contributed by atoms with Crippen molar-refractivity contribution in [2.75, 3.05) is 5.73 Å². The molecule has 0 aliphatic heterocycles. The zero-order valence-electron chi connectivity index (χ0n) is 19.9. The van der Waals surface area contributed by atoms with E-state index in [1.54, 1.807) is 37.3 Å². The van der Waals surface area contributed by atoms with E-state index in [-0.39, 0.29) is 23.8 Å². The number of aromatic nitrogens is 4. The average Bonchev–Trinajstić information content (AvgIpc) is 3.27. The van der Waals surface area contributed by atoms with Crippen molar-refractivity contribution in [3.63, 3.8) is 0 Å². The standard InChI is InChI=1S/C25H22F4N6O3/c1-13-8-9-35(34-13)20-7-6-16(26)11-17(20)22(25(27,28)29)38-21-12-19(32-24(31)33-21)15-4-2-14(3-5-15)10-18(30)23(36)37/h2-9,11-12,18,22H,10,30H2,1H3,(H,36,37)(H2,31,32,33)/t18-,22?/m0/s1. The van der Waals surface area contributed by atoms with Gasteiger partial charge in [0.15, 0.2) is 0 Å². The second kappa shape index (κ2) is 10.5. The molecule has 4 rings (SSSR count). The molecule has 0 fully saturated rings. The molecule has 0 aliphatic carbocycles. The van der Waals surface area contributed by atoms with Crippen LogP contribution in [0.25, 0.3) is 16.9 Å². The molecule has 0 aliphatic rings.